The lowest BCUT2D eigenvalue weighted by molar-refractivity contribution is -0.139. The Kier molecular flexibility index (Phi) is 8.45. The van der Waals surface area contributed by atoms with Gasteiger partial charge in [-0.15, -0.1) is 0 Å². The van der Waals surface area contributed by atoms with E-state index in [1.54, 1.807) is 4.90 Å². The monoisotopic (exact) mass is 589 g/mol. The van der Waals surface area contributed by atoms with Crippen LogP contribution in [-0.4, -0.2) is 22.5 Å². The van der Waals surface area contributed by atoms with Gasteiger partial charge in [0.2, 0.25) is 0 Å². The first-order valence-electron chi connectivity index (χ1n) is 12.5. The van der Waals surface area contributed by atoms with E-state index in [4.69, 9.17) is 0 Å². The molecule has 1 N–H and O–H groups in total. The number of carboxylic acid groups (broad SMARTS) is 1. The van der Waals surface area contributed by atoms with Gasteiger partial charge in [-0.1, -0.05) is 36.4 Å². The number of likely N-dealkylation sites (tertiary alicyclic amines) is 1. The molecule has 1 fully saturated rings. The highest BCUT2D eigenvalue weighted by molar-refractivity contribution is 5.67. The van der Waals surface area contributed by atoms with Crippen LogP contribution in [0.4, 0.5) is 39.5 Å². The van der Waals surface area contributed by atoms with Gasteiger partial charge >= 0.3 is 24.5 Å². The fourth-order valence-corrected chi connectivity index (χ4v) is 5.30. The van der Waals surface area contributed by atoms with Gasteiger partial charge in [0.25, 0.3) is 0 Å². The van der Waals surface area contributed by atoms with Crippen molar-refractivity contribution in [1.82, 2.24) is 4.90 Å². The Morgan fingerprint density at radius 1 is 0.707 bits per heavy atom. The van der Waals surface area contributed by atoms with Crippen LogP contribution < -0.4 is 0 Å². The molecule has 0 bridgehead atoms. The highest BCUT2D eigenvalue weighted by atomic mass is 19.4. The molecule has 0 amide bonds. The maximum absolute atomic E-state index is 13.3. The van der Waals surface area contributed by atoms with Crippen LogP contribution in [0.1, 0.15) is 64.7 Å². The van der Waals surface area contributed by atoms with Crippen LogP contribution >= 0.6 is 0 Å². The van der Waals surface area contributed by atoms with Gasteiger partial charge in [0, 0.05) is 12.5 Å². The summed E-state index contributed by atoms with van der Waals surface area (Å²) in [7, 11) is 0. The second-order valence-electron chi connectivity index (χ2n) is 10.0. The van der Waals surface area contributed by atoms with Gasteiger partial charge in [-0.2, -0.15) is 39.5 Å². The lowest BCUT2D eigenvalue weighted by Gasteiger charge is -2.44. The molecule has 0 radical (unpaired) electrons. The van der Waals surface area contributed by atoms with Gasteiger partial charge in [-0.05, 0) is 78.4 Å². The summed E-state index contributed by atoms with van der Waals surface area (Å²) < 4.78 is 119. The molecule has 2 atom stereocenters. The zero-order valence-corrected chi connectivity index (χ0v) is 21.2. The minimum absolute atomic E-state index is 0.191. The van der Waals surface area contributed by atoms with E-state index < -0.39 is 53.3 Å². The van der Waals surface area contributed by atoms with E-state index in [0.717, 1.165) is 36.4 Å². The van der Waals surface area contributed by atoms with Crippen LogP contribution in [0.25, 0.3) is 0 Å². The maximum Gasteiger partial charge on any atom is 0.416 e. The summed E-state index contributed by atoms with van der Waals surface area (Å²) in [6, 6.07) is 11.1. The van der Waals surface area contributed by atoms with Crippen LogP contribution in [0.2, 0.25) is 0 Å². The molecule has 0 saturated carbocycles. The van der Waals surface area contributed by atoms with E-state index in [1.165, 1.54) is 36.4 Å². The Hall–Kier alpha value is -3.54. The first-order valence-corrected chi connectivity index (χ1v) is 12.5. The Balaban J connectivity index is 1.81. The van der Waals surface area contributed by atoms with E-state index in [1.807, 2.05) is 0 Å². The number of carboxylic acids is 1. The van der Waals surface area contributed by atoms with Gasteiger partial charge in [0.1, 0.15) is 0 Å². The molecular weight excluding hydrogens is 565 g/mol. The average molecular weight is 589 g/mol. The number of halogens is 9. The van der Waals surface area contributed by atoms with Crippen molar-refractivity contribution in [2.24, 2.45) is 5.92 Å². The smallest absolute Gasteiger partial charge is 0.416 e. The molecule has 0 aliphatic carbocycles. The highest BCUT2D eigenvalue weighted by Crippen LogP contribution is 2.45. The fourth-order valence-electron chi connectivity index (χ4n) is 5.30. The van der Waals surface area contributed by atoms with E-state index in [0.29, 0.717) is 23.1 Å². The van der Waals surface area contributed by atoms with E-state index >= 15 is 0 Å². The predicted molar refractivity (Wildman–Crippen MR) is 131 cm³/mol. The van der Waals surface area contributed by atoms with E-state index in [-0.39, 0.29) is 25.3 Å². The summed E-state index contributed by atoms with van der Waals surface area (Å²) >= 11 is 0. The standard InChI is InChI=1S/C29H24F9NO2/c30-27(31,32)21-7-1-18(2-8-21)24-15-17(16-25(40)41)13-14-39(24)26(19-3-9-22(10-4-19)28(33,34)35)20-5-11-23(12-6-20)29(36,37)38/h1-12,17,24,26H,13-16H2,(H,40,41)/t17-,24+/m1/s1. The summed E-state index contributed by atoms with van der Waals surface area (Å²) in [6.07, 6.45) is -13.5. The van der Waals surface area contributed by atoms with Crippen molar-refractivity contribution >= 4 is 5.97 Å². The summed E-state index contributed by atoms with van der Waals surface area (Å²) in [5.74, 6) is -1.41. The fraction of sp³-hybridized carbons (Fsp3) is 0.345. The minimum Gasteiger partial charge on any atom is -0.481 e. The van der Waals surface area contributed by atoms with Crippen molar-refractivity contribution in [2.75, 3.05) is 6.54 Å². The van der Waals surface area contributed by atoms with Gasteiger partial charge < -0.3 is 5.11 Å². The largest absolute Gasteiger partial charge is 0.481 e. The number of nitrogens with zero attached hydrogens (tertiary/aromatic N) is 1. The van der Waals surface area contributed by atoms with Gasteiger partial charge in [0.05, 0.1) is 22.7 Å². The first-order chi connectivity index (χ1) is 19.0. The van der Waals surface area contributed by atoms with Crippen molar-refractivity contribution in [3.8, 4) is 0 Å². The zero-order valence-electron chi connectivity index (χ0n) is 21.2. The molecule has 0 aromatic heterocycles. The van der Waals surface area contributed by atoms with Crippen LogP contribution in [0.15, 0.2) is 72.8 Å². The number of aliphatic carboxylic acids is 1. The summed E-state index contributed by atoms with van der Waals surface area (Å²) in [5, 5.41) is 9.34. The number of rotatable bonds is 6. The molecule has 41 heavy (non-hydrogen) atoms. The molecular formula is C29H24F9NO2. The molecule has 3 aromatic rings. The molecule has 3 nitrogen and oxygen atoms in total. The second kappa shape index (κ2) is 11.4. The number of piperidine rings is 1. The lowest BCUT2D eigenvalue weighted by Crippen LogP contribution is -2.40. The van der Waals surface area contributed by atoms with Crippen LogP contribution in [-0.2, 0) is 23.3 Å². The van der Waals surface area contributed by atoms with Crippen molar-refractivity contribution in [3.05, 3.63) is 106 Å². The van der Waals surface area contributed by atoms with Crippen molar-refractivity contribution in [3.63, 3.8) is 0 Å². The average Bonchev–Trinajstić information content (AvgIpc) is 2.88. The number of carbonyl (C=O) groups is 1. The van der Waals surface area contributed by atoms with Crippen molar-refractivity contribution in [1.29, 1.82) is 0 Å². The Morgan fingerprint density at radius 3 is 1.46 bits per heavy atom. The summed E-state index contributed by atoms with van der Waals surface area (Å²) in [4.78, 5) is 13.2. The quantitative estimate of drug-likeness (QED) is 0.292. The molecule has 220 valence electrons. The zero-order chi connectivity index (χ0) is 30.2. The van der Waals surface area contributed by atoms with Crippen LogP contribution in [0, 0.1) is 5.92 Å². The number of hydrogen-bond acceptors (Lipinski definition) is 2. The highest BCUT2D eigenvalue weighted by Gasteiger charge is 2.38. The normalized spacial score (nSPS) is 19.0. The molecule has 1 aliphatic heterocycles. The van der Waals surface area contributed by atoms with Crippen molar-refractivity contribution < 1.29 is 49.4 Å². The lowest BCUT2D eigenvalue weighted by atomic mass is 9.82. The Morgan fingerprint density at radius 2 is 1.10 bits per heavy atom. The third-order valence-corrected chi connectivity index (χ3v) is 7.28. The second-order valence-corrected chi connectivity index (χ2v) is 10.0. The topological polar surface area (TPSA) is 40.5 Å². The minimum atomic E-state index is -4.62. The molecule has 1 heterocycles. The SMILES string of the molecule is O=C(O)C[C@@H]1CCN(C(c2ccc(C(F)(F)F)cc2)c2ccc(C(F)(F)F)cc2)[C@H](c2ccc(C(F)(F)F)cc2)C1. The Labute approximate surface area is 229 Å². The molecule has 3 aromatic carbocycles. The third-order valence-electron chi connectivity index (χ3n) is 7.28. The number of hydrogen-bond donors (Lipinski definition) is 1. The van der Waals surface area contributed by atoms with Crippen molar-refractivity contribution in [2.45, 2.75) is 49.9 Å². The van der Waals surface area contributed by atoms with Gasteiger partial charge in [0.15, 0.2) is 0 Å². The van der Waals surface area contributed by atoms with E-state index in [9.17, 15) is 49.4 Å². The third kappa shape index (κ3) is 7.22. The Bertz CT molecular complexity index is 1270. The number of benzene rings is 3. The van der Waals surface area contributed by atoms with Crippen LogP contribution in [0.5, 0.6) is 0 Å². The van der Waals surface area contributed by atoms with Crippen LogP contribution in [0.3, 0.4) is 0 Å². The molecule has 12 heteroatoms. The number of alkyl halides is 9. The maximum atomic E-state index is 13.3. The molecule has 1 saturated heterocycles. The van der Waals surface area contributed by atoms with Gasteiger partial charge in [-0.3, -0.25) is 9.69 Å². The molecule has 1 aliphatic rings. The summed E-state index contributed by atoms with van der Waals surface area (Å²) in [5.41, 5.74) is -1.68. The molecule has 4 rings (SSSR count). The first kappa shape index (κ1) is 30.4. The predicted octanol–water partition coefficient (Wildman–Crippen LogP) is 8.76. The molecule has 0 spiro atoms. The van der Waals surface area contributed by atoms with E-state index in [2.05, 4.69) is 0 Å². The van der Waals surface area contributed by atoms with Gasteiger partial charge in [-0.25, -0.2) is 0 Å². The molecule has 0 unspecified atom stereocenters. The summed E-state index contributed by atoms with van der Waals surface area (Å²) in [6.45, 7) is 0.191.